The van der Waals surface area contributed by atoms with Crippen LogP contribution in [0.2, 0.25) is 0 Å². The molecule has 3 heterocycles. The van der Waals surface area contributed by atoms with E-state index < -0.39 is 11.7 Å². The number of aromatic nitrogens is 1. The molecule has 4 rings (SSSR count). The molecule has 156 valence electrons. The molecule has 0 spiro atoms. The average molecular weight is 428 g/mol. The van der Waals surface area contributed by atoms with Gasteiger partial charge < -0.3 is 14.6 Å². The first-order valence-electron chi connectivity index (χ1n) is 9.72. The minimum atomic E-state index is -0.406. The molecule has 1 fully saturated rings. The second kappa shape index (κ2) is 9.08. The van der Waals surface area contributed by atoms with Crippen LogP contribution in [0.1, 0.15) is 35.5 Å². The van der Waals surface area contributed by atoms with Gasteiger partial charge in [0.2, 0.25) is 5.91 Å². The Kier molecular flexibility index (Phi) is 6.08. The molecule has 0 unspecified atom stereocenters. The standard InChI is InChI=1S/C21H21FN4O3S/c22-14-6-7-17(26-8-2-1-3-9-26)16(11-14)24-19(27)12-15-13-30-21(23-15)25-20(28)18-5-4-10-29-18/h4-7,10-11,13H,1-3,8-9,12H2,(H,24,27)(H,23,25,28). The van der Waals surface area contributed by atoms with Crippen LogP contribution in [0.3, 0.4) is 0 Å². The Labute approximate surface area is 176 Å². The number of thiazole rings is 1. The van der Waals surface area contributed by atoms with Crippen molar-refractivity contribution in [1.82, 2.24) is 4.98 Å². The smallest absolute Gasteiger partial charge is 0.293 e. The highest BCUT2D eigenvalue weighted by molar-refractivity contribution is 7.14. The lowest BCUT2D eigenvalue weighted by atomic mass is 10.1. The van der Waals surface area contributed by atoms with Gasteiger partial charge in [-0.25, -0.2) is 9.37 Å². The monoisotopic (exact) mass is 428 g/mol. The molecular weight excluding hydrogens is 407 g/mol. The molecule has 0 saturated carbocycles. The van der Waals surface area contributed by atoms with Crippen molar-refractivity contribution in [3.63, 3.8) is 0 Å². The van der Waals surface area contributed by atoms with Gasteiger partial charge in [0.15, 0.2) is 10.9 Å². The largest absolute Gasteiger partial charge is 0.459 e. The lowest BCUT2D eigenvalue weighted by molar-refractivity contribution is -0.115. The van der Waals surface area contributed by atoms with Crippen LogP contribution in [0.25, 0.3) is 0 Å². The van der Waals surface area contributed by atoms with Gasteiger partial charge in [-0.15, -0.1) is 11.3 Å². The van der Waals surface area contributed by atoms with E-state index in [-0.39, 0.29) is 18.1 Å². The van der Waals surface area contributed by atoms with Gasteiger partial charge in [-0.05, 0) is 49.6 Å². The number of hydrogen-bond donors (Lipinski definition) is 2. The molecule has 1 aliphatic rings. The third-order valence-electron chi connectivity index (χ3n) is 4.79. The molecule has 7 nitrogen and oxygen atoms in total. The zero-order valence-electron chi connectivity index (χ0n) is 16.2. The van der Waals surface area contributed by atoms with E-state index in [1.165, 1.54) is 36.2 Å². The van der Waals surface area contributed by atoms with E-state index in [9.17, 15) is 14.0 Å². The molecule has 2 aromatic heterocycles. The fourth-order valence-electron chi connectivity index (χ4n) is 3.39. The van der Waals surface area contributed by atoms with Crippen molar-refractivity contribution in [1.29, 1.82) is 0 Å². The van der Waals surface area contributed by atoms with Crippen molar-refractivity contribution < 1.29 is 18.4 Å². The quantitative estimate of drug-likeness (QED) is 0.611. The highest BCUT2D eigenvalue weighted by Crippen LogP contribution is 2.29. The van der Waals surface area contributed by atoms with Gasteiger partial charge in [-0.2, -0.15) is 0 Å². The summed E-state index contributed by atoms with van der Waals surface area (Å²) in [6, 6.07) is 7.64. The SMILES string of the molecule is O=C(Cc1csc(NC(=O)c2ccco2)n1)Nc1cc(F)ccc1N1CCCCC1. The predicted molar refractivity (Wildman–Crippen MR) is 114 cm³/mol. The highest BCUT2D eigenvalue weighted by atomic mass is 32.1. The topological polar surface area (TPSA) is 87.5 Å². The molecule has 1 aromatic carbocycles. The first-order chi connectivity index (χ1) is 14.6. The molecule has 0 bridgehead atoms. The number of nitrogens with one attached hydrogen (secondary N) is 2. The first-order valence-corrected chi connectivity index (χ1v) is 10.6. The summed E-state index contributed by atoms with van der Waals surface area (Å²) in [5.74, 6) is -0.923. The van der Waals surface area contributed by atoms with Crippen LogP contribution in [0.5, 0.6) is 0 Å². The fraction of sp³-hybridized carbons (Fsp3) is 0.286. The minimum absolute atomic E-state index is 0.0169. The van der Waals surface area contributed by atoms with Gasteiger partial charge in [-0.1, -0.05) is 0 Å². The van der Waals surface area contributed by atoms with Gasteiger partial charge in [0.05, 0.1) is 29.8 Å². The highest BCUT2D eigenvalue weighted by Gasteiger charge is 2.18. The van der Waals surface area contributed by atoms with Crippen molar-refractivity contribution in [3.05, 3.63) is 59.2 Å². The van der Waals surface area contributed by atoms with Gasteiger partial charge >= 0.3 is 0 Å². The van der Waals surface area contributed by atoms with E-state index in [2.05, 4.69) is 20.5 Å². The molecule has 9 heteroatoms. The summed E-state index contributed by atoms with van der Waals surface area (Å²) in [4.78, 5) is 31.0. The molecule has 2 N–H and O–H groups in total. The normalized spacial score (nSPS) is 13.8. The number of anilines is 3. The number of amides is 2. The first kappa shape index (κ1) is 20.1. The van der Waals surface area contributed by atoms with E-state index >= 15 is 0 Å². The van der Waals surface area contributed by atoms with E-state index in [0.29, 0.717) is 16.5 Å². The Bertz CT molecular complexity index is 1030. The maximum absolute atomic E-state index is 13.8. The van der Waals surface area contributed by atoms with Crippen molar-refractivity contribution in [2.75, 3.05) is 28.6 Å². The van der Waals surface area contributed by atoms with Crippen LogP contribution in [-0.2, 0) is 11.2 Å². The Morgan fingerprint density at radius 3 is 2.77 bits per heavy atom. The van der Waals surface area contributed by atoms with E-state index in [0.717, 1.165) is 31.6 Å². The number of rotatable bonds is 6. The van der Waals surface area contributed by atoms with Gasteiger partial charge in [0.25, 0.3) is 5.91 Å². The van der Waals surface area contributed by atoms with Crippen LogP contribution >= 0.6 is 11.3 Å². The van der Waals surface area contributed by atoms with E-state index in [4.69, 9.17) is 4.42 Å². The number of halogens is 1. The summed E-state index contributed by atoms with van der Waals surface area (Å²) < 4.78 is 18.8. The maximum Gasteiger partial charge on any atom is 0.293 e. The molecule has 0 atom stereocenters. The zero-order chi connectivity index (χ0) is 20.9. The summed E-state index contributed by atoms with van der Waals surface area (Å²) in [5.41, 5.74) is 1.81. The number of carbonyl (C=O) groups is 2. The van der Waals surface area contributed by atoms with Crippen LogP contribution in [0, 0.1) is 5.82 Å². The maximum atomic E-state index is 13.8. The number of furan rings is 1. The van der Waals surface area contributed by atoms with Gasteiger partial charge in [0, 0.05) is 18.5 Å². The molecule has 1 aliphatic heterocycles. The number of benzene rings is 1. The third-order valence-corrected chi connectivity index (χ3v) is 5.59. The summed E-state index contributed by atoms with van der Waals surface area (Å²) in [7, 11) is 0. The second-order valence-corrected chi connectivity index (χ2v) is 7.87. The lowest BCUT2D eigenvalue weighted by Crippen LogP contribution is -2.30. The number of hydrogen-bond acceptors (Lipinski definition) is 6. The van der Waals surface area contributed by atoms with Crippen molar-refractivity contribution in [2.45, 2.75) is 25.7 Å². The Morgan fingerprint density at radius 1 is 1.17 bits per heavy atom. The van der Waals surface area contributed by atoms with E-state index in [1.807, 2.05) is 0 Å². The van der Waals surface area contributed by atoms with Crippen molar-refractivity contribution in [2.24, 2.45) is 0 Å². The van der Waals surface area contributed by atoms with Crippen LogP contribution < -0.4 is 15.5 Å². The molecule has 30 heavy (non-hydrogen) atoms. The predicted octanol–water partition coefficient (Wildman–Crippen LogP) is 4.30. The summed E-state index contributed by atoms with van der Waals surface area (Å²) >= 11 is 1.22. The van der Waals surface area contributed by atoms with Crippen molar-refractivity contribution >= 4 is 39.7 Å². The summed E-state index contributed by atoms with van der Waals surface area (Å²) in [5, 5.41) is 7.52. The van der Waals surface area contributed by atoms with Gasteiger partial charge in [-0.3, -0.25) is 14.9 Å². The summed E-state index contributed by atoms with van der Waals surface area (Å²) in [6.45, 7) is 1.78. The molecule has 2 amide bonds. The van der Waals surface area contributed by atoms with Crippen LogP contribution in [-0.4, -0.2) is 29.9 Å². The second-order valence-electron chi connectivity index (χ2n) is 7.01. The average Bonchev–Trinajstić information content (AvgIpc) is 3.41. The fourth-order valence-corrected chi connectivity index (χ4v) is 4.10. The Hall–Kier alpha value is -3.20. The molecule has 3 aromatic rings. The lowest BCUT2D eigenvalue weighted by Gasteiger charge is -2.30. The third kappa shape index (κ3) is 4.85. The molecular formula is C21H21FN4O3S. The molecule has 0 aliphatic carbocycles. The zero-order valence-corrected chi connectivity index (χ0v) is 17.0. The molecule has 1 saturated heterocycles. The number of carbonyl (C=O) groups excluding carboxylic acids is 2. The summed E-state index contributed by atoms with van der Waals surface area (Å²) in [6.07, 6.45) is 4.77. The Morgan fingerprint density at radius 2 is 2.00 bits per heavy atom. The van der Waals surface area contributed by atoms with Crippen LogP contribution in [0.4, 0.5) is 20.9 Å². The minimum Gasteiger partial charge on any atom is -0.459 e. The number of piperidine rings is 1. The van der Waals surface area contributed by atoms with Crippen molar-refractivity contribution in [3.8, 4) is 0 Å². The van der Waals surface area contributed by atoms with Crippen LogP contribution in [0.15, 0.2) is 46.4 Å². The van der Waals surface area contributed by atoms with E-state index in [1.54, 1.807) is 23.6 Å². The van der Waals surface area contributed by atoms with Gasteiger partial charge in [0.1, 0.15) is 5.82 Å². The molecule has 0 radical (unpaired) electrons. The Balaban J connectivity index is 1.40. The number of nitrogens with zero attached hydrogens (tertiary/aromatic N) is 2.